The Morgan fingerprint density at radius 2 is 1.14 bits per heavy atom. The summed E-state index contributed by atoms with van der Waals surface area (Å²) in [5.74, 6) is 0. The Labute approximate surface area is 63.6 Å². The molecule has 0 amide bonds. The minimum Gasteiger partial charge on any atom is -0.264 e. The Kier molecular flexibility index (Phi) is 11.5. The molecule has 0 unspecified atom stereocenters. The average molecular weight is 205 g/mol. The van der Waals surface area contributed by atoms with Gasteiger partial charge in [0.25, 0.3) is 0 Å². The number of hydrogen-bond acceptors (Lipinski definition) is 2. The second-order valence-corrected chi connectivity index (χ2v) is 1.34. The van der Waals surface area contributed by atoms with Crippen LogP contribution in [0.3, 0.4) is 0 Å². The molecule has 7 heteroatoms. The quantitative estimate of drug-likeness (QED) is 0.406. The van der Waals surface area contributed by atoms with Crippen LogP contribution >= 0.6 is 0 Å². The van der Waals surface area contributed by atoms with E-state index in [0.29, 0.717) is 0 Å². The third-order valence-electron chi connectivity index (χ3n) is 0. The van der Waals surface area contributed by atoms with Gasteiger partial charge in [0.1, 0.15) is 0 Å². The minimum atomic E-state index is -4.67. The molecule has 0 bridgehead atoms. The SMILES string of the molecule is O=S(=O)(O)O.[Fe].[V]. The standard InChI is InChI=1S/Fe.H2O4S.V/c;1-5(2,3)4;/h;(H2,1,2,3,4);. The molecule has 0 aliphatic heterocycles. The van der Waals surface area contributed by atoms with Crippen molar-refractivity contribution < 1.29 is 53.1 Å². The second-order valence-electron chi connectivity index (χ2n) is 0.448. The molecule has 0 aromatic heterocycles. The van der Waals surface area contributed by atoms with Crippen molar-refractivity contribution in [1.29, 1.82) is 0 Å². The smallest absolute Gasteiger partial charge is 0.264 e. The van der Waals surface area contributed by atoms with Crippen LogP contribution in [0.25, 0.3) is 0 Å². The van der Waals surface area contributed by atoms with Crippen LogP contribution in [-0.2, 0) is 46.0 Å². The van der Waals surface area contributed by atoms with E-state index >= 15 is 0 Å². The molecule has 7 heavy (non-hydrogen) atoms. The molecule has 0 aliphatic carbocycles. The third kappa shape index (κ3) is 182. The molecule has 0 saturated heterocycles. The van der Waals surface area contributed by atoms with Gasteiger partial charge >= 0.3 is 10.4 Å². The average Bonchev–Trinajstić information content (AvgIpc) is 0.722. The fourth-order valence-electron chi connectivity index (χ4n) is 0. The van der Waals surface area contributed by atoms with Crippen molar-refractivity contribution in [3.05, 3.63) is 0 Å². The molecule has 0 atom stereocenters. The summed E-state index contributed by atoms with van der Waals surface area (Å²) in [6.07, 6.45) is 0. The normalized spacial score (nSPS) is 8.29. The Balaban J connectivity index is -0.0000000800. The van der Waals surface area contributed by atoms with Crippen LogP contribution in [0.15, 0.2) is 0 Å². The molecule has 0 rings (SSSR count). The first-order valence-electron chi connectivity index (χ1n) is 0.698. The van der Waals surface area contributed by atoms with Crippen LogP contribution in [0.2, 0.25) is 0 Å². The Hall–Kier alpha value is 0.974. The molecule has 0 aromatic carbocycles. The zero-order valence-corrected chi connectivity index (χ0v) is 6.24. The van der Waals surface area contributed by atoms with Crippen LogP contribution < -0.4 is 0 Å². The Morgan fingerprint density at radius 3 is 1.14 bits per heavy atom. The van der Waals surface area contributed by atoms with Crippen molar-refractivity contribution in [3.63, 3.8) is 0 Å². The van der Waals surface area contributed by atoms with Gasteiger partial charge in [-0.25, -0.2) is 0 Å². The molecule has 0 aromatic rings. The monoisotopic (exact) mass is 205 g/mol. The van der Waals surface area contributed by atoms with Crippen LogP contribution in [0.1, 0.15) is 0 Å². The van der Waals surface area contributed by atoms with Gasteiger partial charge in [-0.15, -0.1) is 0 Å². The maximum absolute atomic E-state index is 8.74. The Morgan fingerprint density at radius 1 is 1.14 bits per heavy atom. The van der Waals surface area contributed by atoms with Gasteiger partial charge in [-0.1, -0.05) is 0 Å². The molecule has 0 aliphatic rings. The molecule has 1 radical (unpaired) electrons. The first-order chi connectivity index (χ1) is 2.00. The summed E-state index contributed by atoms with van der Waals surface area (Å²) in [4.78, 5) is 0. The molecular formula is H2FeO4SV. The van der Waals surface area contributed by atoms with Crippen LogP contribution in [0, 0.1) is 0 Å². The summed E-state index contributed by atoms with van der Waals surface area (Å²) in [6.45, 7) is 0. The summed E-state index contributed by atoms with van der Waals surface area (Å²) < 4.78 is 31.6. The second kappa shape index (κ2) is 5.12. The fraction of sp³-hybridized carbons (Fsp3) is 0. The Bertz CT molecular complexity index is 94.9. The predicted molar refractivity (Wildman–Crippen MR) is 14.2 cm³/mol. The van der Waals surface area contributed by atoms with Gasteiger partial charge in [0.05, 0.1) is 0 Å². The summed E-state index contributed by atoms with van der Waals surface area (Å²) >= 11 is 0. The van der Waals surface area contributed by atoms with Crippen molar-refractivity contribution >= 4 is 10.4 Å². The van der Waals surface area contributed by atoms with Crippen LogP contribution in [0.4, 0.5) is 0 Å². The van der Waals surface area contributed by atoms with E-state index in [4.69, 9.17) is 17.5 Å². The predicted octanol–water partition coefficient (Wildman–Crippen LogP) is -0.658. The number of rotatable bonds is 0. The van der Waals surface area contributed by atoms with Gasteiger partial charge in [-0.3, -0.25) is 9.11 Å². The third-order valence-corrected chi connectivity index (χ3v) is 0. The largest absolute Gasteiger partial charge is 0.394 e. The van der Waals surface area contributed by atoms with E-state index in [0.717, 1.165) is 0 Å². The van der Waals surface area contributed by atoms with Gasteiger partial charge < -0.3 is 0 Å². The van der Waals surface area contributed by atoms with Gasteiger partial charge in [0.15, 0.2) is 0 Å². The molecule has 0 heterocycles. The summed E-state index contributed by atoms with van der Waals surface area (Å²) in [5, 5.41) is 0. The zero-order chi connectivity index (χ0) is 4.50. The molecule has 2 N–H and O–H groups in total. The molecule has 45 valence electrons. The zero-order valence-electron chi connectivity index (χ0n) is 2.92. The molecule has 0 spiro atoms. The van der Waals surface area contributed by atoms with E-state index in [-0.39, 0.29) is 35.6 Å². The van der Waals surface area contributed by atoms with Crippen molar-refractivity contribution in [2.45, 2.75) is 0 Å². The van der Waals surface area contributed by atoms with Crippen molar-refractivity contribution in [3.8, 4) is 0 Å². The fourth-order valence-corrected chi connectivity index (χ4v) is 0. The van der Waals surface area contributed by atoms with E-state index in [1.807, 2.05) is 0 Å². The molecular weight excluding hydrogens is 203 g/mol. The molecule has 0 fully saturated rings. The van der Waals surface area contributed by atoms with E-state index in [9.17, 15) is 0 Å². The maximum Gasteiger partial charge on any atom is 0.394 e. The van der Waals surface area contributed by atoms with E-state index < -0.39 is 10.4 Å². The van der Waals surface area contributed by atoms with E-state index in [1.54, 1.807) is 0 Å². The number of hydrogen-bond donors (Lipinski definition) is 2. The molecule has 0 saturated carbocycles. The van der Waals surface area contributed by atoms with Crippen LogP contribution in [-0.4, -0.2) is 17.5 Å². The summed E-state index contributed by atoms with van der Waals surface area (Å²) in [5.41, 5.74) is 0. The minimum absolute atomic E-state index is 0. The first kappa shape index (κ1) is 15.7. The van der Waals surface area contributed by atoms with Crippen molar-refractivity contribution in [2.75, 3.05) is 0 Å². The summed E-state index contributed by atoms with van der Waals surface area (Å²) in [6, 6.07) is 0. The molecule has 4 nitrogen and oxygen atoms in total. The summed E-state index contributed by atoms with van der Waals surface area (Å²) in [7, 11) is -4.67. The first-order valence-corrected chi connectivity index (χ1v) is 2.10. The van der Waals surface area contributed by atoms with Gasteiger partial charge in [-0.2, -0.15) is 8.42 Å². The van der Waals surface area contributed by atoms with E-state index in [1.165, 1.54) is 0 Å². The van der Waals surface area contributed by atoms with Crippen molar-refractivity contribution in [2.24, 2.45) is 0 Å². The van der Waals surface area contributed by atoms with E-state index in [2.05, 4.69) is 0 Å². The van der Waals surface area contributed by atoms with Crippen LogP contribution in [0.5, 0.6) is 0 Å². The van der Waals surface area contributed by atoms with Crippen molar-refractivity contribution in [1.82, 2.24) is 0 Å². The van der Waals surface area contributed by atoms with Gasteiger partial charge in [0, 0.05) is 35.6 Å². The van der Waals surface area contributed by atoms with Gasteiger partial charge in [-0.05, 0) is 0 Å². The maximum atomic E-state index is 8.74. The van der Waals surface area contributed by atoms with Gasteiger partial charge in [0.2, 0.25) is 0 Å². The topological polar surface area (TPSA) is 74.6 Å².